The van der Waals surface area contributed by atoms with Crippen molar-refractivity contribution in [2.45, 2.75) is 18.9 Å². The fourth-order valence-electron chi connectivity index (χ4n) is 2.40. The van der Waals surface area contributed by atoms with Crippen LogP contribution < -0.4 is 11.1 Å². The third-order valence-electron chi connectivity index (χ3n) is 3.32. The lowest BCUT2D eigenvalue weighted by Crippen LogP contribution is -2.30. The summed E-state index contributed by atoms with van der Waals surface area (Å²) in [6, 6.07) is 8.26. The van der Waals surface area contributed by atoms with Crippen molar-refractivity contribution in [2.24, 2.45) is 0 Å². The standard InChI is InChI=1S/C14H17N3O/c15-12-5-1-4-11-13(6-7-16-14(11)12)17-10-3-2-8-18-9-10/h1,4-7,10H,2-3,8-9,15H2,(H,16,17). The number of ether oxygens (including phenoxy) is 1. The van der Waals surface area contributed by atoms with Gasteiger partial charge >= 0.3 is 0 Å². The lowest BCUT2D eigenvalue weighted by molar-refractivity contribution is 0.0876. The Balaban J connectivity index is 1.93. The molecule has 1 aliphatic heterocycles. The van der Waals surface area contributed by atoms with Gasteiger partial charge in [0.05, 0.1) is 17.8 Å². The Kier molecular flexibility index (Phi) is 3.02. The Morgan fingerprint density at radius 1 is 1.33 bits per heavy atom. The van der Waals surface area contributed by atoms with Crippen molar-refractivity contribution in [3.05, 3.63) is 30.5 Å². The zero-order chi connectivity index (χ0) is 12.4. The average molecular weight is 243 g/mol. The van der Waals surface area contributed by atoms with Crippen molar-refractivity contribution in [1.82, 2.24) is 4.98 Å². The third kappa shape index (κ3) is 2.11. The van der Waals surface area contributed by atoms with E-state index >= 15 is 0 Å². The number of nitrogens with zero attached hydrogens (tertiary/aromatic N) is 1. The number of anilines is 2. The van der Waals surface area contributed by atoms with Crippen molar-refractivity contribution in [3.8, 4) is 0 Å². The molecule has 3 rings (SSSR count). The van der Waals surface area contributed by atoms with Crippen molar-refractivity contribution in [1.29, 1.82) is 0 Å². The van der Waals surface area contributed by atoms with Gasteiger partial charge in [-0.15, -0.1) is 0 Å². The molecule has 2 aromatic rings. The van der Waals surface area contributed by atoms with Gasteiger partial charge in [0, 0.05) is 29.9 Å². The highest BCUT2D eigenvalue weighted by Crippen LogP contribution is 2.26. The first-order valence-corrected chi connectivity index (χ1v) is 6.32. The highest BCUT2D eigenvalue weighted by molar-refractivity contribution is 5.97. The first kappa shape index (κ1) is 11.3. The summed E-state index contributed by atoms with van der Waals surface area (Å²) in [5, 5.41) is 4.60. The molecule has 1 aromatic heterocycles. The van der Waals surface area contributed by atoms with Crippen LogP contribution in [0.2, 0.25) is 0 Å². The maximum absolute atomic E-state index is 5.94. The number of nitrogen functional groups attached to an aromatic ring is 1. The van der Waals surface area contributed by atoms with Crippen LogP contribution in [-0.2, 0) is 4.74 Å². The van der Waals surface area contributed by atoms with Crippen LogP contribution in [0.15, 0.2) is 30.5 Å². The zero-order valence-electron chi connectivity index (χ0n) is 10.2. The minimum atomic E-state index is 0.380. The van der Waals surface area contributed by atoms with Crippen LogP contribution in [0.3, 0.4) is 0 Å². The summed E-state index contributed by atoms with van der Waals surface area (Å²) >= 11 is 0. The van der Waals surface area contributed by atoms with E-state index in [4.69, 9.17) is 10.5 Å². The Labute approximate surface area is 106 Å². The van der Waals surface area contributed by atoms with Gasteiger partial charge in [0.15, 0.2) is 0 Å². The lowest BCUT2D eigenvalue weighted by atomic mass is 10.1. The molecule has 2 heterocycles. The SMILES string of the molecule is Nc1cccc2c(NC3CCCOC3)ccnc12. The number of para-hydroxylation sites is 1. The highest BCUT2D eigenvalue weighted by Gasteiger charge is 2.14. The van der Waals surface area contributed by atoms with Gasteiger partial charge in [0.25, 0.3) is 0 Å². The van der Waals surface area contributed by atoms with Gasteiger partial charge in [-0.3, -0.25) is 4.98 Å². The molecule has 94 valence electrons. The minimum Gasteiger partial charge on any atom is -0.397 e. The van der Waals surface area contributed by atoms with E-state index in [0.29, 0.717) is 6.04 Å². The van der Waals surface area contributed by atoms with E-state index < -0.39 is 0 Å². The summed E-state index contributed by atoms with van der Waals surface area (Å²) in [7, 11) is 0. The van der Waals surface area contributed by atoms with E-state index in [0.717, 1.165) is 48.3 Å². The Hall–Kier alpha value is -1.81. The zero-order valence-corrected chi connectivity index (χ0v) is 10.2. The van der Waals surface area contributed by atoms with Crippen molar-refractivity contribution < 1.29 is 4.74 Å². The summed E-state index contributed by atoms with van der Waals surface area (Å²) < 4.78 is 5.49. The molecule has 4 nitrogen and oxygen atoms in total. The van der Waals surface area contributed by atoms with Crippen LogP contribution >= 0.6 is 0 Å². The lowest BCUT2D eigenvalue weighted by Gasteiger charge is -2.24. The molecule has 0 amide bonds. The monoisotopic (exact) mass is 243 g/mol. The summed E-state index contributed by atoms with van der Waals surface area (Å²) in [4.78, 5) is 4.34. The van der Waals surface area contributed by atoms with Crippen LogP contribution in [0, 0.1) is 0 Å². The van der Waals surface area contributed by atoms with E-state index in [1.54, 1.807) is 6.20 Å². The number of benzene rings is 1. The van der Waals surface area contributed by atoms with E-state index in [-0.39, 0.29) is 0 Å². The maximum atomic E-state index is 5.94. The number of hydrogen-bond acceptors (Lipinski definition) is 4. The summed E-state index contributed by atoms with van der Waals surface area (Å²) in [5.74, 6) is 0. The molecule has 1 aromatic carbocycles. The second-order valence-electron chi connectivity index (χ2n) is 4.66. The smallest absolute Gasteiger partial charge is 0.0951 e. The normalized spacial score (nSPS) is 19.9. The Morgan fingerprint density at radius 2 is 2.28 bits per heavy atom. The number of rotatable bonds is 2. The van der Waals surface area contributed by atoms with Crippen LogP contribution in [0.25, 0.3) is 10.9 Å². The van der Waals surface area contributed by atoms with E-state index in [1.807, 2.05) is 24.3 Å². The minimum absolute atomic E-state index is 0.380. The number of pyridine rings is 1. The van der Waals surface area contributed by atoms with Crippen molar-refractivity contribution >= 4 is 22.3 Å². The Morgan fingerprint density at radius 3 is 3.11 bits per heavy atom. The van der Waals surface area contributed by atoms with Gasteiger partial charge in [-0.05, 0) is 25.0 Å². The van der Waals surface area contributed by atoms with E-state index in [1.165, 1.54) is 0 Å². The molecular formula is C14H17N3O. The van der Waals surface area contributed by atoms with Gasteiger partial charge in [-0.25, -0.2) is 0 Å². The molecular weight excluding hydrogens is 226 g/mol. The largest absolute Gasteiger partial charge is 0.397 e. The molecule has 0 radical (unpaired) electrons. The summed E-state index contributed by atoms with van der Waals surface area (Å²) in [6.45, 7) is 1.65. The van der Waals surface area contributed by atoms with E-state index in [2.05, 4.69) is 10.3 Å². The molecule has 1 atom stereocenters. The van der Waals surface area contributed by atoms with Gasteiger partial charge in [-0.2, -0.15) is 0 Å². The van der Waals surface area contributed by atoms with Crippen LogP contribution in [0.4, 0.5) is 11.4 Å². The third-order valence-corrected chi connectivity index (χ3v) is 3.32. The van der Waals surface area contributed by atoms with Gasteiger partial charge in [0.2, 0.25) is 0 Å². The first-order chi connectivity index (χ1) is 8.84. The van der Waals surface area contributed by atoms with E-state index in [9.17, 15) is 0 Å². The number of nitrogens with two attached hydrogens (primary N) is 1. The number of hydrogen-bond donors (Lipinski definition) is 2. The number of aromatic nitrogens is 1. The molecule has 0 spiro atoms. The number of fused-ring (bicyclic) bond motifs is 1. The van der Waals surface area contributed by atoms with Crippen LogP contribution in [0.5, 0.6) is 0 Å². The molecule has 0 saturated carbocycles. The van der Waals surface area contributed by atoms with Crippen molar-refractivity contribution in [3.63, 3.8) is 0 Å². The van der Waals surface area contributed by atoms with Crippen molar-refractivity contribution in [2.75, 3.05) is 24.3 Å². The number of nitrogens with one attached hydrogen (secondary N) is 1. The van der Waals surface area contributed by atoms with Gasteiger partial charge in [-0.1, -0.05) is 12.1 Å². The fourth-order valence-corrected chi connectivity index (χ4v) is 2.40. The maximum Gasteiger partial charge on any atom is 0.0951 e. The molecule has 0 aliphatic carbocycles. The first-order valence-electron chi connectivity index (χ1n) is 6.32. The Bertz CT molecular complexity index is 550. The summed E-state index contributed by atoms with van der Waals surface area (Å²) in [6.07, 6.45) is 4.06. The quantitative estimate of drug-likeness (QED) is 0.795. The molecule has 1 saturated heterocycles. The van der Waals surface area contributed by atoms with Gasteiger partial charge < -0.3 is 15.8 Å². The molecule has 1 fully saturated rings. The predicted molar refractivity (Wildman–Crippen MR) is 73.6 cm³/mol. The highest BCUT2D eigenvalue weighted by atomic mass is 16.5. The second kappa shape index (κ2) is 4.82. The molecule has 3 N–H and O–H groups in total. The summed E-state index contributed by atoms with van der Waals surface area (Å²) in [5.41, 5.74) is 8.61. The molecule has 1 unspecified atom stereocenters. The van der Waals surface area contributed by atoms with Gasteiger partial charge in [0.1, 0.15) is 0 Å². The molecule has 1 aliphatic rings. The predicted octanol–water partition coefficient (Wildman–Crippen LogP) is 2.41. The topological polar surface area (TPSA) is 60.2 Å². The second-order valence-corrected chi connectivity index (χ2v) is 4.66. The fraction of sp³-hybridized carbons (Fsp3) is 0.357. The average Bonchev–Trinajstić information content (AvgIpc) is 2.41. The van der Waals surface area contributed by atoms with Crippen LogP contribution in [-0.4, -0.2) is 24.2 Å². The molecule has 0 bridgehead atoms. The van der Waals surface area contributed by atoms with Crippen LogP contribution in [0.1, 0.15) is 12.8 Å². The molecule has 4 heteroatoms. The molecule has 18 heavy (non-hydrogen) atoms.